The van der Waals surface area contributed by atoms with Crippen molar-refractivity contribution in [1.82, 2.24) is 10.2 Å². The summed E-state index contributed by atoms with van der Waals surface area (Å²) in [4.78, 5) is 0. The van der Waals surface area contributed by atoms with Gasteiger partial charge in [0.25, 0.3) is 0 Å². The van der Waals surface area contributed by atoms with Crippen LogP contribution < -0.4 is 0 Å². The van der Waals surface area contributed by atoms with E-state index >= 15 is 0 Å². The summed E-state index contributed by atoms with van der Waals surface area (Å²) in [5.74, 6) is 0.747. The van der Waals surface area contributed by atoms with E-state index in [4.69, 9.17) is 0 Å². The first-order valence-electron chi connectivity index (χ1n) is 5.45. The molecule has 1 aliphatic carbocycles. The third kappa shape index (κ3) is 1.67. The topological polar surface area (TPSA) is 28.7 Å². The smallest absolute Gasteiger partial charge is 0.0923 e. The zero-order valence-corrected chi connectivity index (χ0v) is 8.83. The molecule has 76 valence electrons. The molecule has 1 heterocycles. The van der Waals surface area contributed by atoms with Crippen molar-refractivity contribution >= 4 is 0 Å². The number of H-pyrrole nitrogens is 1. The highest BCUT2D eigenvalue weighted by Gasteiger charge is 2.25. The quantitative estimate of drug-likeness (QED) is 0.788. The van der Waals surface area contributed by atoms with Crippen LogP contribution in [-0.2, 0) is 0 Å². The van der Waals surface area contributed by atoms with Gasteiger partial charge in [0.1, 0.15) is 0 Å². The van der Waals surface area contributed by atoms with E-state index in [-0.39, 0.29) is 0 Å². The highest BCUT2D eigenvalue weighted by Crippen LogP contribution is 2.39. The van der Waals surface area contributed by atoms with E-state index in [9.17, 15) is 0 Å². The van der Waals surface area contributed by atoms with Gasteiger partial charge in [-0.05, 0) is 25.8 Å². The normalized spacial score (nSPS) is 15.5. The van der Waals surface area contributed by atoms with Crippen LogP contribution in [0.4, 0.5) is 0 Å². The van der Waals surface area contributed by atoms with Crippen molar-refractivity contribution in [2.45, 2.75) is 25.7 Å². The molecule has 0 saturated heterocycles. The van der Waals surface area contributed by atoms with Crippen LogP contribution >= 0.6 is 0 Å². The van der Waals surface area contributed by atoms with Crippen LogP contribution in [0.3, 0.4) is 0 Å². The van der Waals surface area contributed by atoms with Gasteiger partial charge in [0, 0.05) is 17.2 Å². The van der Waals surface area contributed by atoms with Crippen molar-refractivity contribution in [3.8, 4) is 11.3 Å². The summed E-state index contributed by atoms with van der Waals surface area (Å²) in [6.07, 6.45) is 2.63. The van der Waals surface area contributed by atoms with Gasteiger partial charge in [0.05, 0.1) is 5.69 Å². The highest BCUT2D eigenvalue weighted by molar-refractivity contribution is 5.59. The molecule has 0 spiro atoms. The fourth-order valence-electron chi connectivity index (χ4n) is 1.81. The fourth-order valence-corrected chi connectivity index (χ4v) is 1.81. The molecule has 3 rings (SSSR count). The Bertz CT molecular complexity index is 464. The van der Waals surface area contributed by atoms with Gasteiger partial charge in [-0.1, -0.05) is 29.8 Å². The first-order chi connectivity index (χ1) is 7.33. The summed E-state index contributed by atoms with van der Waals surface area (Å²) in [6, 6.07) is 10.7. The summed E-state index contributed by atoms with van der Waals surface area (Å²) < 4.78 is 0. The second-order valence-electron chi connectivity index (χ2n) is 4.35. The van der Waals surface area contributed by atoms with Crippen molar-refractivity contribution in [2.24, 2.45) is 0 Å². The largest absolute Gasteiger partial charge is 0.282 e. The molecule has 1 N–H and O–H groups in total. The molecule has 2 nitrogen and oxygen atoms in total. The predicted octanol–water partition coefficient (Wildman–Crippen LogP) is 3.26. The maximum atomic E-state index is 4.35. The van der Waals surface area contributed by atoms with E-state index in [2.05, 4.69) is 47.5 Å². The molecule has 2 heteroatoms. The van der Waals surface area contributed by atoms with Crippen molar-refractivity contribution in [1.29, 1.82) is 0 Å². The van der Waals surface area contributed by atoms with Crippen molar-refractivity contribution in [3.63, 3.8) is 0 Å². The first kappa shape index (κ1) is 8.72. The van der Waals surface area contributed by atoms with Crippen LogP contribution in [0, 0.1) is 6.92 Å². The molecule has 1 saturated carbocycles. The first-order valence-corrected chi connectivity index (χ1v) is 5.45. The Hall–Kier alpha value is -1.57. The second kappa shape index (κ2) is 3.23. The molecule has 2 aromatic rings. The van der Waals surface area contributed by atoms with Gasteiger partial charge in [-0.25, -0.2) is 0 Å². The van der Waals surface area contributed by atoms with Gasteiger partial charge in [-0.3, -0.25) is 5.10 Å². The lowest BCUT2D eigenvalue weighted by Crippen LogP contribution is -1.78. The van der Waals surface area contributed by atoms with Crippen LogP contribution in [-0.4, -0.2) is 10.2 Å². The third-order valence-corrected chi connectivity index (χ3v) is 2.96. The Kier molecular flexibility index (Phi) is 1.88. The standard InChI is InChI=1S/C13H14N2/c1-9-2-4-10(5-3-9)12-8-13(15-14-12)11-6-7-11/h2-5,8,11H,6-7H2,1H3,(H,14,15). The number of aryl methyl sites for hydroxylation is 1. The summed E-state index contributed by atoms with van der Waals surface area (Å²) >= 11 is 0. The predicted molar refractivity (Wildman–Crippen MR) is 60.7 cm³/mol. The Morgan fingerprint density at radius 3 is 2.60 bits per heavy atom. The lowest BCUT2D eigenvalue weighted by atomic mass is 10.1. The zero-order chi connectivity index (χ0) is 10.3. The van der Waals surface area contributed by atoms with E-state index < -0.39 is 0 Å². The van der Waals surface area contributed by atoms with Gasteiger partial charge in [-0.2, -0.15) is 5.10 Å². The van der Waals surface area contributed by atoms with E-state index in [0.717, 1.165) is 11.6 Å². The molecular weight excluding hydrogens is 184 g/mol. The molecule has 1 aromatic heterocycles. The maximum Gasteiger partial charge on any atom is 0.0923 e. The van der Waals surface area contributed by atoms with E-state index in [1.807, 2.05) is 0 Å². The lowest BCUT2D eigenvalue weighted by molar-refractivity contribution is 0.967. The molecular formula is C13H14N2. The minimum absolute atomic E-state index is 0.747. The molecule has 0 atom stereocenters. The fraction of sp³-hybridized carbons (Fsp3) is 0.308. The van der Waals surface area contributed by atoms with Crippen LogP contribution in [0.25, 0.3) is 11.3 Å². The molecule has 0 unspecified atom stereocenters. The number of nitrogens with zero attached hydrogens (tertiary/aromatic N) is 1. The van der Waals surface area contributed by atoms with Crippen molar-refractivity contribution in [2.75, 3.05) is 0 Å². The third-order valence-electron chi connectivity index (χ3n) is 2.96. The average Bonchev–Trinajstić information content (AvgIpc) is 2.99. The summed E-state index contributed by atoms with van der Waals surface area (Å²) in [7, 11) is 0. The molecule has 0 aliphatic heterocycles. The zero-order valence-electron chi connectivity index (χ0n) is 8.83. The van der Waals surface area contributed by atoms with Crippen LogP contribution in [0.1, 0.15) is 30.0 Å². The SMILES string of the molecule is Cc1ccc(-c2cc(C3CC3)[nH]n2)cc1. The molecule has 1 fully saturated rings. The van der Waals surface area contributed by atoms with Crippen molar-refractivity contribution in [3.05, 3.63) is 41.6 Å². The summed E-state index contributed by atoms with van der Waals surface area (Å²) in [6.45, 7) is 2.10. The lowest BCUT2D eigenvalue weighted by Gasteiger charge is -1.96. The molecule has 1 aromatic carbocycles. The highest BCUT2D eigenvalue weighted by atomic mass is 15.1. The van der Waals surface area contributed by atoms with Crippen LogP contribution in [0.15, 0.2) is 30.3 Å². The van der Waals surface area contributed by atoms with Gasteiger partial charge < -0.3 is 0 Å². The Labute approximate surface area is 89.3 Å². The van der Waals surface area contributed by atoms with Crippen LogP contribution in [0.2, 0.25) is 0 Å². The maximum absolute atomic E-state index is 4.35. The van der Waals surface area contributed by atoms with Gasteiger partial charge in [-0.15, -0.1) is 0 Å². The monoisotopic (exact) mass is 198 g/mol. The Morgan fingerprint density at radius 2 is 1.93 bits per heavy atom. The second-order valence-corrected chi connectivity index (χ2v) is 4.35. The van der Waals surface area contributed by atoms with E-state index in [1.54, 1.807) is 0 Å². The average molecular weight is 198 g/mol. The number of aromatic nitrogens is 2. The summed E-state index contributed by atoms with van der Waals surface area (Å²) in [5.41, 5.74) is 4.85. The number of hydrogen-bond donors (Lipinski definition) is 1. The Balaban J connectivity index is 1.93. The van der Waals surface area contributed by atoms with Crippen LogP contribution in [0.5, 0.6) is 0 Å². The number of hydrogen-bond acceptors (Lipinski definition) is 1. The van der Waals surface area contributed by atoms with Crippen molar-refractivity contribution < 1.29 is 0 Å². The van der Waals surface area contributed by atoms with E-state index in [1.165, 1.54) is 29.7 Å². The number of nitrogens with one attached hydrogen (secondary N) is 1. The molecule has 15 heavy (non-hydrogen) atoms. The molecule has 0 radical (unpaired) electrons. The van der Waals surface area contributed by atoms with Gasteiger partial charge in [0.15, 0.2) is 0 Å². The number of aromatic amines is 1. The molecule has 0 bridgehead atoms. The van der Waals surface area contributed by atoms with Gasteiger partial charge in [0.2, 0.25) is 0 Å². The van der Waals surface area contributed by atoms with E-state index in [0.29, 0.717) is 0 Å². The summed E-state index contributed by atoms with van der Waals surface area (Å²) in [5, 5.41) is 7.48. The molecule has 0 amide bonds. The number of benzene rings is 1. The van der Waals surface area contributed by atoms with Gasteiger partial charge >= 0.3 is 0 Å². The Morgan fingerprint density at radius 1 is 1.20 bits per heavy atom. The number of rotatable bonds is 2. The minimum Gasteiger partial charge on any atom is -0.282 e. The minimum atomic E-state index is 0.747. The molecule has 1 aliphatic rings.